The van der Waals surface area contributed by atoms with Crippen molar-refractivity contribution >= 4 is 23.4 Å². The van der Waals surface area contributed by atoms with Crippen molar-refractivity contribution in [2.75, 3.05) is 0 Å². The molecule has 0 bridgehead atoms. The number of cyclic esters (lactones) is 2. The first-order valence-corrected chi connectivity index (χ1v) is 4.96. The fourth-order valence-electron chi connectivity index (χ4n) is 1.80. The van der Waals surface area contributed by atoms with Crippen molar-refractivity contribution < 1.29 is 24.0 Å². The topological polar surface area (TPSA) is 104 Å². The molecule has 0 radical (unpaired) electrons. The smallest absolute Gasteiger partial charge is 0.346 e. The molecule has 1 heterocycles. The fourth-order valence-corrected chi connectivity index (χ4v) is 1.80. The summed E-state index contributed by atoms with van der Waals surface area (Å²) in [5.74, 6) is -3.61. The summed E-state index contributed by atoms with van der Waals surface area (Å²) >= 11 is 0. The van der Waals surface area contributed by atoms with Crippen LogP contribution in [-0.4, -0.2) is 22.6 Å². The van der Waals surface area contributed by atoms with E-state index in [9.17, 15) is 24.5 Å². The molecule has 0 spiro atoms. The number of carbonyl (C=O) groups is 3. The van der Waals surface area contributed by atoms with Crippen LogP contribution in [0.2, 0.25) is 0 Å². The Bertz CT molecular complexity index is 591. The van der Waals surface area contributed by atoms with Gasteiger partial charge in [0.05, 0.1) is 10.5 Å². The number of nitro groups is 1. The molecule has 1 aliphatic rings. The molecule has 18 heavy (non-hydrogen) atoms. The summed E-state index contributed by atoms with van der Waals surface area (Å²) in [6.07, 6.45) is 0. The number of Topliss-reactive ketones (excluding diaryl/α,β-unsaturated/α-hetero) is 1. The number of ketones is 1. The van der Waals surface area contributed by atoms with Gasteiger partial charge in [-0.15, -0.1) is 0 Å². The Kier molecular flexibility index (Phi) is 2.66. The predicted octanol–water partition coefficient (Wildman–Crippen LogP) is 0.964. The molecule has 1 aromatic carbocycles. The highest BCUT2D eigenvalue weighted by molar-refractivity contribution is 6.13. The highest BCUT2D eigenvalue weighted by atomic mass is 16.6. The van der Waals surface area contributed by atoms with Gasteiger partial charge in [0.2, 0.25) is 0 Å². The number of carbonyl (C=O) groups excluding carboxylic acids is 3. The van der Waals surface area contributed by atoms with Crippen molar-refractivity contribution in [3.63, 3.8) is 0 Å². The Balaban J connectivity index is 2.62. The lowest BCUT2D eigenvalue weighted by molar-refractivity contribution is -0.384. The molecule has 7 heteroatoms. The summed E-state index contributed by atoms with van der Waals surface area (Å²) in [4.78, 5) is 44.2. The van der Waals surface area contributed by atoms with E-state index in [1.807, 2.05) is 0 Å². The molecule has 2 rings (SSSR count). The zero-order valence-corrected chi connectivity index (χ0v) is 9.21. The van der Waals surface area contributed by atoms with Crippen molar-refractivity contribution in [2.45, 2.75) is 12.8 Å². The van der Waals surface area contributed by atoms with Gasteiger partial charge in [-0.25, -0.2) is 4.79 Å². The summed E-state index contributed by atoms with van der Waals surface area (Å²) in [6.45, 7) is 1.19. The van der Waals surface area contributed by atoms with Crippen LogP contribution in [0.5, 0.6) is 0 Å². The van der Waals surface area contributed by atoms with Gasteiger partial charge in [0.1, 0.15) is 11.7 Å². The van der Waals surface area contributed by atoms with Gasteiger partial charge in [0.25, 0.3) is 5.69 Å². The minimum absolute atomic E-state index is 0.121. The van der Waals surface area contributed by atoms with E-state index in [2.05, 4.69) is 4.74 Å². The largest absolute Gasteiger partial charge is 0.389 e. The lowest BCUT2D eigenvalue weighted by atomic mass is 9.89. The molecule has 92 valence electrons. The lowest BCUT2D eigenvalue weighted by Crippen LogP contribution is -2.31. The van der Waals surface area contributed by atoms with Crippen LogP contribution in [0.25, 0.3) is 0 Å². The third-order valence-electron chi connectivity index (χ3n) is 2.61. The van der Waals surface area contributed by atoms with Crippen LogP contribution in [0.4, 0.5) is 5.69 Å². The van der Waals surface area contributed by atoms with E-state index >= 15 is 0 Å². The molecule has 0 saturated heterocycles. The maximum atomic E-state index is 11.5. The van der Waals surface area contributed by atoms with Gasteiger partial charge in [0, 0.05) is 12.1 Å². The highest BCUT2D eigenvalue weighted by Gasteiger charge is 2.38. The SMILES string of the molecule is CC(=O)C1C(=O)OC(=O)c2cc([N+](=O)[O-])ccc21. The molecule has 1 aromatic rings. The van der Waals surface area contributed by atoms with E-state index in [0.29, 0.717) is 0 Å². The maximum Gasteiger partial charge on any atom is 0.346 e. The standard InChI is InChI=1S/C11H7NO6/c1-5(13)9-7-3-2-6(12(16)17)4-8(7)10(14)18-11(9)15/h2-4,9H,1H3. The molecule has 0 fully saturated rings. The maximum absolute atomic E-state index is 11.5. The molecule has 1 atom stereocenters. The second-order valence-electron chi connectivity index (χ2n) is 3.78. The number of nitrogens with zero attached hydrogens (tertiary/aromatic N) is 1. The Labute approximate surface area is 101 Å². The summed E-state index contributed by atoms with van der Waals surface area (Å²) in [5.41, 5.74) is -0.277. The van der Waals surface area contributed by atoms with Gasteiger partial charge in [-0.05, 0) is 12.5 Å². The van der Waals surface area contributed by atoms with E-state index in [1.54, 1.807) is 0 Å². The van der Waals surface area contributed by atoms with Gasteiger partial charge in [-0.2, -0.15) is 0 Å². The number of esters is 2. The van der Waals surface area contributed by atoms with Crippen LogP contribution in [0, 0.1) is 10.1 Å². The van der Waals surface area contributed by atoms with Crippen molar-refractivity contribution in [3.8, 4) is 0 Å². The first-order valence-electron chi connectivity index (χ1n) is 4.96. The Morgan fingerprint density at radius 1 is 1.39 bits per heavy atom. The Morgan fingerprint density at radius 3 is 2.61 bits per heavy atom. The molecule has 7 nitrogen and oxygen atoms in total. The molecular formula is C11H7NO6. The second-order valence-corrected chi connectivity index (χ2v) is 3.78. The van der Waals surface area contributed by atoms with E-state index in [1.165, 1.54) is 13.0 Å². The van der Waals surface area contributed by atoms with Crippen molar-refractivity contribution in [3.05, 3.63) is 39.4 Å². The van der Waals surface area contributed by atoms with E-state index < -0.39 is 28.6 Å². The average molecular weight is 249 g/mol. The van der Waals surface area contributed by atoms with E-state index in [-0.39, 0.29) is 16.8 Å². The summed E-state index contributed by atoms with van der Waals surface area (Å²) in [7, 11) is 0. The number of benzene rings is 1. The number of hydrogen-bond donors (Lipinski definition) is 0. The Morgan fingerprint density at radius 2 is 2.06 bits per heavy atom. The number of rotatable bonds is 2. The van der Waals surface area contributed by atoms with Crippen LogP contribution < -0.4 is 0 Å². The third-order valence-corrected chi connectivity index (χ3v) is 2.61. The van der Waals surface area contributed by atoms with Crippen molar-refractivity contribution in [1.29, 1.82) is 0 Å². The van der Waals surface area contributed by atoms with Gasteiger partial charge in [-0.3, -0.25) is 19.7 Å². The lowest BCUT2D eigenvalue weighted by Gasteiger charge is -2.20. The molecule has 0 amide bonds. The second kappa shape index (κ2) is 4.02. The molecule has 1 unspecified atom stereocenters. The normalized spacial score (nSPS) is 17.9. The number of ether oxygens (including phenoxy) is 1. The number of nitro benzene ring substituents is 1. The first-order chi connectivity index (χ1) is 8.41. The van der Waals surface area contributed by atoms with Gasteiger partial charge in [-0.1, -0.05) is 6.07 Å². The quantitative estimate of drug-likeness (QED) is 0.334. The number of non-ortho nitro benzene ring substituents is 1. The minimum atomic E-state index is -1.20. The van der Waals surface area contributed by atoms with Crippen LogP contribution in [0.15, 0.2) is 18.2 Å². The monoisotopic (exact) mass is 249 g/mol. The van der Waals surface area contributed by atoms with Crippen LogP contribution >= 0.6 is 0 Å². The van der Waals surface area contributed by atoms with E-state index in [4.69, 9.17) is 0 Å². The average Bonchev–Trinajstić information content (AvgIpc) is 2.27. The summed E-state index contributed by atoms with van der Waals surface area (Å²) < 4.78 is 4.40. The van der Waals surface area contributed by atoms with Crippen LogP contribution in [-0.2, 0) is 14.3 Å². The highest BCUT2D eigenvalue weighted by Crippen LogP contribution is 2.31. The summed E-state index contributed by atoms with van der Waals surface area (Å²) in [5, 5.41) is 10.6. The third kappa shape index (κ3) is 1.75. The molecule has 1 aliphatic heterocycles. The Hall–Kier alpha value is -2.57. The summed E-state index contributed by atoms with van der Waals surface area (Å²) in [6, 6.07) is 3.37. The van der Waals surface area contributed by atoms with Gasteiger partial charge < -0.3 is 4.74 Å². The van der Waals surface area contributed by atoms with E-state index in [0.717, 1.165) is 12.1 Å². The van der Waals surface area contributed by atoms with Gasteiger partial charge in [0.15, 0.2) is 0 Å². The van der Waals surface area contributed by atoms with Crippen LogP contribution in [0.1, 0.15) is 28.8 Å². The number of fused-ring (bicyclic) bond motifs is 1. The van der Waals surface area contributed by atoms with Crippen molar-refractivity contribution in [2.24, 2.45) is 0 Å². The van der Waals surface area contributed by atoms with Crippen molar-refractivity contribution in [1.82, 2.24) is 0 Å². The van der Waals surface area contributed by atoms with Crippen LogP contribution in [0.3, 0.4) is 0 Å². The zero-order chi connectivity index (χ0) is 13.4. The molecule has 0 aliphatic carbocycles. The number of hydrogen-bond acceptors (Lipinski definition) is 6. The predicted molar refractivity (Wildman–Crippen MR) is 56.9 cm³/mol. The molecule has 0 N–H and O–H groups in total. The zero-order valence-electron chi connectivity index (χ0n) is 9.21. The minimum Gasteiger partial charge on any atom is -0.389 e. The molecule has 0 aromatic heterocycles. The fraction of sp³-hybridized carbons (Fsp3) is 0.182. The first kappa shape index (κ1) is 11.9. The molecule has 0 saturated carbocycles. The molecular weight excluding hydrogens is 242 g/mol. The van der Waals surface area contributed by atoms with Gasteiger partial charge >= 0.3 is 11.9 Å².